The molecule has 0 aliphatic rings. The zero-order chi connectivity index (χ0) is 14.5. The van der Waals surface area contributed by atoms with E-state index in [9.17, 15) is 0 Å². The Labute approximate surface area is 124 Å². The number of aliphatic hydroxyl groups is 1. The molecule has 0 aliphatic heterocycles. The lowest BCUT2D eigenvalue weighted by Crippen LogP contribution is -1.93. The van der Waals surface area contributed by atoms with E-state index in [2.05, 4.69) is 12.1 Å². The fraction of sp³-hybridized carbons (Fsp3) is 0.667. The summed E-state index contributed by atoms with van der Waals surface area (Å²) in [5.41, 5.74) is 8.18. The van der Waals surface area contributed by atoms with E-state index >= 15 is 0 Å². The van der Waals surface area contributed by atoms with Crippen molar-refractivity contribution in [3.8, 4) is 0 Å². The average Bonchev–Trinajstić information content (AvgIpc) is 2.46. The molecule has 0 saturated heterocycles. The topological polar surface area (TPSA) is 46.2 Å². The molecule has 0 heterocycles. The minimum atomic E-state index is 0.353. The van der Waals surface area contributed by atoms with Crippen LogP contribution in [0.3, 0.4) is 0 Å². The highest BCUT2D eigenvalue weighted by Gasteiger charge is 1.98. The predicted octanol–water partition coefficient (Wildman–Crippen LogP) is 4.70. The van der Waals surface area contributed by atoms with Crippen LogP contribution in [0.1, 0.15) is 69.8 Å². The summed E-state index contributed by atoms with van der Waals surface area (Å²) in [4.78, 5) is 0. The summed E-state index contributed by atoms with van der Waals surface area (Å²) < 4.78 is 0. The van der Waals surface area contributed by atoms with E-state index in [0.29, 0.717) is 6.61 Å². The predicted molar refractivity (Wildman–Crippen MR) is 87.8 cm³/mol. The third-order valence-electron chi connectivity index (χ3n) is 3.91. The van der Waals surface area contributed by atoms with E-state index in [0.717, 1.165) is 18.5 Å². The lowest BCUT2D eigenvalue weighted by molar-refractivity contribution is 0.282. The van der Waals surface area contributed by atoms with Crippen LogP contribution in [-0.4, -0.2) is 11.7 Å². The molecular weight excluding hydrogens is 246 g/mol. The Kier molecular flexibility index (Phi) is 10.0. The third kappa shape index (κ3) is 8.21. The number of aryl methyl sites for hydroxylation is 1. The number of para-hydroxylation sites is 1. The van der Waals surface area contributed by atoms with Gasteiger partial charge in [0.1, 0.15) is 0 Å². The van der Waals surface area contributed by atoms with E-state index in [-0.39, 0.29) is 0 Å². The van der Waals surface area contributed by atoms with Crippen molar-refractivity contribution in [1.82, 2.24) is 0 Å². The number of nitrogens with two attached hydrogens (primary N) is 1. The number of unbranched alkanes of at least 4 members (excludes halogenated alkanes) is 9. The van der Waals surface area contributed by atoms with Crippen molar-refractivity contribution in [2.45, 2.75) is 70.6 Å². The zero-order valence-corrected chi connectivity index (χ0v) is 12.8. The highest BCUT2D eigenvalue weighted by Crippen LogP contribution is 2.15. The lowest BCUT2D eigenvalue weighted by atomic mass is 10.0. The van der Waals surface area contributed by atoms with Crippen LogP contribution in [0.2, 0.25) is 0 Å². The summed E-state index contributed by atoms with van der Waals surface area (Å²) in [5.74, 6) is 0. The molecule has 0 unspecified atom stereocenters. The normalized spacial score (nSPS) is 10.8. The molecule has 114 valence electrons. The third-order valence-corrected chi connectivity index (χ3v) is 3.91. The minimum absolute atomic E-state index is 0.353. The van der Waals surface area contributed by atoms with Crippen molar-refractivity contribution >= 4 is 5.69 Å². The van der Waals surface area contributed by atoms with Gasteiger partial charge in [0.2, 0.25) is 0 Å². The molecule has 1 rings (SSSR count). The van der Waals surface area contributed by atoms with E-state index in [1.807, 2.05) is 12.1 Å². The number of rotatable bonds is 12. The first-order valence-electron chi connectivity index (χ1n) is 8.29. The Hall–Kier alpha value is -1.02. The summed E-state index contributed by atoms with van der Waals surface area (Å²) >= 11 is 0. The molecule has 0 spiro atoms. The summed E-state index contributed by atoms with van der Waals surface area (Å²) in [6.45, 7) is 0.353. The zero-order valence-electron chi connectivity index (χ0n) is 12.8. The van der Waals surface area contributed by atoms with Gasteiger partial charge in [-0.05, 0) is 30.9 Å². The molecule has 0 aromatic heterocycles. The van der Waals surface area contributed by atoms with Gasteiger partial charge in [0.25, 0.3) is 0 Å². The van der Waals surface area contributed by atoms with Gasteiger partial charge in [-0.25, -0.2) is 0 Å². The maximum atomic E-state index is 8.68. The Balaban J connectivity index is 1.87. The van der Waals surface area contributed by atoms with Gasteiger partial charge < -0.3 is 10.8 Å². The Morgan fingerprint density at radius 1 is 0.700 bits per heavy atom. The maximum absolute atomic E-state index is 8.68. The molecule has 0 aliphatic carbocycles. The second-order valence-electron chi connectivity index (χ2n) is 5.71. The van der Waals surface area contributed by atoms with E-state index in [4.69, 9.17) is 10.8 Å². The van der Waals surface area contributed by atoms with Gasteiger partial charge in [0.15, 0.2) is 0 Å². The molecule has 0 atom stereocenters. The maximum Gasteiger partial charge on any atom is 0.0431 e. The summed E-state index contributed by atoms with van der Waals surface area (Å²) in [5, 5.41) is 8.68. The summed E-state index contributed by atoms with van der Waals surface area (Å²) in [7, 11) is 0. The first-order chi connectivity index (χ1) is 9.84. The number of nitrogen functional groups attached to an aromatic ring is 1. The van der Waals surface area contributed by atoms with Gasteiger partial charge in [-0.15, -0.1) is 0 Å². The lowest BCUT2D eigenvalue weighted by Gasteiger charge is -2.05. The molecule has 0 fully saturated rings. The van der Waals surface area contributed by atoms with Gasteiger partial charge in [-0.2, -0.15) is 0 Å². The minimum Gasteiger partial charge on any atom is -0.399 e. The molecule has 0 amide bonds. The van der Waals surface area contributed by atoms with E-state index in [1.54, 1.807) is 0 Å². The van der Waals surface area contributed by atoms with Gasteiger partial charge in [0, 0.05) is 12.3 Å². The van der Waals surface area contributed by atoms with Crippen LogP contribution < -0.4 is 5.73 Å². The first kappa shape index (κ1) is 17.0. The number of aliphatic hydroxyl groups excluding tert-OH is 1. The molecule has 1 aromatic carbocycles. The average molecular weight is 277 g/mol. The molecule has 0 saturated carbocycles. The Morgan fingerprint density at radius 3 is 1.75 bits per heavy atom. The summed E-state index contributed by atoms with van der Waals surface area (Å²) in [6, 6.07) is 8.20. The molecule has 0 bridgehead atoms. The van der Waals surface area contributed by atoms with Gasteiger partial charge in [0.05, 0.1) is 0 Å². The largest absolute Gasteiger partial charge is 0.399 e. The van der Waals surface area contributed by atoms with Crippen LogP contribution in [0.5, 0.6) is 0 Å². The van der Waals surface area contributed by atoms with Crippen molar-refractivity contribution in [2.75, 3.05) is 12.3 Å². The van der Waals surface area contributed by atoms with Crippen LogP contribution in [-0.2, 0) is 6.42 Å². The van der Waals surface area contributed by atoms with Crippen LogP contribution in [0.4, 0.5) is 5.69 Å². The van der Waals surface area contributed by atoms with Crippen molar-refractivity contribution in [1.29, 1.82) is 0 Å². The second kappa shape index (κ2) is 11.8. The first-order valence-corrected chi connectivity index (χ1v) is 8.29. The number of hydrogen-bond acceptors (Lipinski definition) is 2. The van der Waals surface area contributed by atoms with Crippen molar-refractivity contribution in [3.63, 3.8) is 0 Å². The highest BCUT2D eigenvalue weighted by molar-refractivity contribution is 5.46. The van der Waals surface area contributed by atoms with Crippen molar-refractivity contribution < 1.29 is 5.11 Å². The van der Waals surface area contributed by atoms with Gasteiger partial charge >= 0.3 is 0 Å². The standard InChI is InChI=1S/C18H31NO/c19-18-15-11-10-14-17(18)13-9-7-5-3-1-2-4-6-8-12-16-20/h10-11,14-15,20H,1-9,12-13,16,19H2. The number of hydrogen-bond donors (Lipinski definition) is 2. The van der Waals surface area contributed by atoms with Crippen LogP contribution in [0, 0.1) is 0 Å². The molecule has 2 nitrogen and oxygen atoms in total. The Bertz CT molecular complexity index is 338. The SMILES string of the molecule is Nc1ccccc1CCCCCCCCCCCCO. The van der Waals surface area contributed by atoms with Crippen molar-refractivity contribution in [2.24, 2.45) is 0 Å². The molecule has 0 radical (unpaired) electrons. The van der Waals surface area contributed by atoms with Gasteiger partial charge in [-0.3, -0.25) is 0 Å². The number of anilines is 1. The number of benzene rings is 1. The van der Waals surface area contributed by atoms with Crippen molar-refractivity contribution in [3.05, 3.63) is 29.8 Å². The second-order valence-corrected chi connectivity index (χ2v) is 5.71. The van der Waals surface area contributed by atoms with Crippen LogP contribution in [0.15, 0.2) is 24.3 Å². The molecule has 20 heavy (non-hydrogen) atoms. The van der Waals surface area contributed by atoms with Crippen LogP contribution in [0.25, 0.3) is 0 Å². The Morgan fingerprint density at radius 2 is 1.20 bits per heavy atom. The fourth-order valence-electron chi connectivity index (χ4n) is 2.60. The fourth-order valence-corrected chi connectivity index (χ4v) is 2.60. The van der Waals surface area contributed by atoms with Crippen LogP contribution >= 0.6 is 0 Å². The molecular formula is C18H31NO. The quantitative estimate of drug-likeness (QED) is 0.429. The smallest absolute Gasteiger partial charge is 0.0431 e. The summed E-state index contributed by atoms with van der Waals surface area (Å²) in [6.07, 6.45) is 13.9. The van der Waals surface area contributed by atoms with Gasteiger partial charge in [-0.1, -0.05) is 69.6 Å². The van der Waals surface area contributed by atoms with E-state index in [1.165, 1.54) is 63.4 Å². The molecule has 1 aromatic rings. The molecule has 3 N–H and O–H groups in total. The highest BCUT2D eigenvalue weighted by atomic mass is 16.2. The molecule has 2 heteroatoms. The monoisotopic (exact) mass is 277 g/mol. The van der Waals surface area contributed by atoms with E-state index < -0.39 is 0 Å².